The van der Waals surface area contributed by atoms with Crippen LogP contribution in [0.3, 0.4) is 0 Å². The molecule has 0 aromatic carbocycles. The molecule has 5 nitrogen and oxygen atoms in total. The Hall–Kier alpha value is -0.590. The summed E-state index contributed by atoms with van der Waals surface area (Å²) in [5, 5.41) is 4.16. The fourth-order valence-corrected chi connectivity index (χ4v) is 3.26. The molecule has 1 aromatic rings. The van der Waals surface area contributed by atoms with E-state index in [0.29, 0.717) is 18.3 Å². The molecule has 1 aliphatic rings. The number of rotatable bonds is 7. The van der Waals surface area contributed by atoms with Gasteiger partial charge in [-0.25, -0.2) is 0 Å². The highest BCUT2D eigenvalue weighted by Crippen LogP contribution is 2.39. The standard InChI is InChI=1S/C14H25N3O2S/c1-3-18-14(8-5-4-6-9-14)13-16-12(19-17-13)11(15)7-10-20-2/h11H,3-10,15H2,1-2H3/t11-/m1/s1. The molecule has 0 unspecified atom stereocenters. The Labute approximate surface area is 125 Å². The summed E-state index contributed by atoms with van der Waals surface area (Å²) in [6, 6.07) is -0.175. The average Bonchev–Trinajstić information content (AvgIpc) is 2.96. The predicted molar refractivity (Wildman–Crippen MR) is 80.6 cm³/mol. The maximum absolute atomic E-state index is 6.09. The van der Waals surface area contributed by atoms with Crippen molar-refractivity contribution in [3.63, 3.8) is 0 Å². The van der Waals surface area contributed by atoms with Crippen molar-refractivity contribution in [3.05, 3.63) is 11.7 Å². The lowest BCUT2D eigenvalue weighted by molar-refractivity contribution is -0.0777. The molecular formula is C14H25N3O2S. The fraction of sp³-hybridized carbons (Fsp3) is 0.857. The summed E-state index contributed by atoms with van der Waals surface area (Å²) in [4.78, 5) is 4.54. The minimum atomic E-state index is -0.353. The van der Waals surface area contributed by atoms with Gasteiger partial charge in [-0.05, 0) is 38.2 Å². The summed E-state index contributed by atoms with van der Waals surface area (Å²) >= 11 is 1.77. The van der Waals surface area contributed by atoms with Crippen molar-refractivity contribution in [1.29, 1.82) is 0 Å². The topological polar surface area (TPSA) is 74.2 Å². The van der Waals surface area contributed by atoms with Crippen LogP contribution in [-0.2, 0) is 10.3 Å². The van der Waals surface area contributed by atoms with Crippen LogP contribution in [0.2, 0.25) is 0 Å². The number of thioether (sulfide) groups is 1. The molecular weight excluding hydrogens is 274 g/mol. The minimum Gasteiger partial charge on any atom is -0.367 e. The van der Waals surface area contributed by atoms with Crippen LogP contribution < -0.4 is 5.73 Å². The molecule has 114 valence electrons. The average molecular weight is 299 g/mol. The quantitative estimate of drug-likeness (QED) is 0.834. The second-order valence-electron chi connectivity index (χ2n) is 5.33. The van der Waals surface area contributed by atoms with E-state index >= 15 is 0 Å². The van der Waals surface area contributed by atoms with Crippen LogP contribution in [0.5, 0.6) is 0 Å². The third-order valence-corrected chi connectivity index (χ3v) is 4.53. The van der Waals surface area contributed by atoms with E-state index in [9.17, 15) is 0 Å². The molecule has 20 heavy (non-hydrogen) atoms. The van der Waals surface area contributed by atoms with Gasteiger partial charge in [0.15, 0.2) is 0 Å². The second-order valence-corrected chi connectivity index (χ2v) is 6.32. The molecule has 0 saturated heterocycles. The summed E-state index contributed by atoms with van der Waals surface area (Å²) in [6.45, 7) is 2.68. The van der Waals surface area contributed by atoms with Crippen LogP contribution in [0.15, 0.2) is 4.52 Å². The number of nitrogens with two attached hydrogens (primary N) is 1. The highest BCUT2D eigenvalue weighted by Gasteiger charge is 2.39. The highest BCUT2D eigenvalue weighted by atomic mass is 32.2. The Kier molecular flexibility index (Phi) is 5.86. The first-order valence-corrected chi connectivity index (χ1v) is 8.84. The molecule has 1 atom stereocenters. The van der Waals surface area contributed by atoms with Gasteiger partial charge < -0.3 is 15.0 Å². The van der Waals surface area contributed by atoms with Crippen molar-refractivity contribution in [2.75, 3.05) is 18.6 Å². The zero-order valence-electron chi connectivity index (χ0n) is 12.4. The fourth-order valence-electron chi connectivity index (χ4n) is 2.77. The largest absolute Gasteiger partial charge is 0.367 e. The summed E-state index contributed by atoms with van der Waals surface area (Å²) in [7, 11) is 0. The van der Waals surface area contributed by atoms with Gasteiger partial charge in [-0.3, -0.25) is 0 Å². The first kappa shape index (κ1) is 15.8. The summed E-state index contributed by atoms with van der Waals surface area (Å²) in [5.41, 5.74) is 5.74. The van der Waals surface area contributed by atoms with Crippen molar-refractivity contribution in [1.82, 2.24) is 10.1 Å². The van der Waals surface area contributed by atoms with Crippen LogP contribution >= 0.6 is 11.8 Å². The lowest BCUT2D eigenvalue weighted by Gasteiger charge is -2.33. The smallest absolute Gasteiger partial charge is 0.243 e. The Morgan fingerprint density at radius 2 is 2.15 bits per heavy atom. The van der Waals surface area contributed by atoms with Crippen molar-refractivity contribution < 1.29 is 9.26 Å². The molecule has 0 spiro atoms. The maximum Gasteiger partial charge on any atom is 0.243 e. The summed E-state index contributed by atoms with van der Waals surface area (Å²) in [5.74, 6) is 2.22. The van der Waals surface area contributed by atoms with Crippen molar-refractivity contribution in [2.45, 2.75) is 57.1 Å². The van der Waals surface area contributed by atoms with Crippen molar-refractivity contribution in [2.24, 2.45) is 5.73 Å². The molecule has 0 radical (unpaired) electrons. The molecule has 1 aromatic heterocycles. The lowest BCUT2D eigenvalue weighted by Crippen LogP contribution is -2.33. The van der Waals surface area contributed by atoms with Crippen molar-refractivity contribution in [3.8, 4) is 0 Å². The van der Waals surface area contributed by atoms with Gasteiger partial charge in [0.1, 0.15) is 5.60 Å². The van der Waals surface area contributed by atoms with E-state index in [1.165, 1.54) is 6.42 Å². The molecule has 1 heterocycles. The maximum atomic E-state index is 6.09. The third kappa shape index (κ3) is 3.54. The molecule has 0 amide bonds. The van der Waals surface area contributed by atoms with E-state index in [-0.39, 0.29) is 11.6 Å². The Morgan fingerprint density at radius 1 is 1.40 bits per heavy atom. The molecule has 1 fully saturated rings. The number of nitrogens with zero attached hydrogens (tertiary/aromatic N) is 2. The molecule has 2 rings (SSSR count). The van der Waals surface area contributed by atoms with Gasteiger partial charge in [0.25, 0.3) is 0 Å². The monoisotopic (exact) mass is 299 g/mol. The van der Waals surface area contributed by atoms with Gasteiger partial charge >= 0.3 is 0 Å². The molecule has 1 aliphatic carbocycles. The van der Waals surface area contributed by atoms with Gasteiger partial charge in [-0.15, -0.1) is 0 Å². The van der Waals surface area contributed by atoms with Crippen LogP contribution in [-0.4, -0.2) is 28.8 Å². The van der Waals surface area contributed by atoms with E-state index in [0.717, 1.165) is 37.9 Å². The first-order valence-electron chi connectivity index (χ1n) is 7.44. The van der Waals surface area contributed by atoms with Gasteiger partial charge in [0.05, 0.1) is 6.04 Å². The van der Waals surface area contributed by atoms with Gasteiger partial charge in [-0.2, -0.15) is 16.7 Å². The number of hydrogen-bond donors (Lipinski definition) is 1. The third-order valence-electron chi connectivity index (χ3n) is 3.88. The highest BCUT2D eigenvalue weighted by molar-refractivity contribution is 7.98. The van der Waals surface area contributed by atoms with Crippen LogP contribution in [0.4, 0.5) is 0 Å². The molecule has 0 aliphatic heterocycles. The van der Waals surface area contributed by atoms with Crippen molar-refractivity contribution >= 4 is 11.8 Å². The Bertz CT molecular complexity index is 399. The zero-order chi connectivity index (χ0) is 14.4. The molecule has 2 N–H and O–H groups in total. The molecule has 6 heteroatoms. The Balaban J connectivity index is 2.12. The lowest BCUT2D eigenvalue weighted by atomic mass is 9.84. The van der Waals surface area contributed by atoms with Gasteiger partial charge in [-0.1, -0.05) is 24.4 Å². The summed E-state index contributed by atoms with van der Waals surface area (Å²) < 4.78 is 11.4. The molecule has 1 saturated carbocycles. The van der Waals surface area contributed by atoms with Gasteiger partial charge in [0.2, 0.25) is 11.7 Å². The van der Waals surface area contributed by atoms with E-state index < -0.39 is 0 Å². The van der Waals surface area contributed by atoms with E-state index in [4.69, 9.17) is 15.0 Å². The van der Waals surface area contributed by atoms with Crippen LogP contribution in [0.1, 0.15) is 63.2 Å². The number of aromatic nitrogens is 2. The second kappa shape index (κ2) is 7.43. The van der Waals surface area contributed by atoms with Crippen LogP contribution in [0.25, 0.3) is 0 Å². The number of ether oxygens (including phenoxy) is 1. The first-order chi connectivity index (χ1) is 9.72. The minimum absolute atomic E-state index is 0.175. The summed E-state index contributed by atoms with van der Waals surface area (Å²) in [6.07, 6.45) is 8.43. The predicted octanol–water partition coefficient (Wildman–Crippen LogP) is 3.02. The SMILES string of the molecule is CCOC1(c2noc([C@H](N)CCSC)n2)CCCCC1. The normalized spacial score (nSPS) is 19.9. The van der Waals surface area contributed by atoms with Crippen LogP contribution in [0, 0.1) is 0 Å². The van der Waals surface area contributed by atoms with E-state index in [1.54, 1.807) is 11.8 Å². The van der Waals surface area contributed by atoms with E-state index in [2.05, 4.69) is 16.4 Å². The molecule has 0 bridgehead atoms. The van der Waals surface area contributed by atoms with Gasteiger partial charge in [0, 0.05) is 6.61 Å². The van der Waals surface area contributed by atoms with E-state index in [1.807, 2.05) is 6.92 Å². The Morgan fingerprint density at radius 3 is 2.80 bits per heavy atom. The zero-order valence-corrected chi connectivity index (χ0v) is 13.2. The number of hydrogen-bond acceptors (Lipinski definition) is 6.